The molecule has 0 bridgehead atoms. The predicted octanol–water partition coefficient (Wildman–Crippen LogP) is 18.1. The number of allylic oxidation sites excluding steroid dienone is 17. The van der Waals surface area contributed by atoms with Crippen LogP contribution in [0.1, 0.15) is 245 Å². The molecule has 74 heavy (non-hydrogen) atoms. The fraction of sp³-hybridized carbons (Fsp3) is 0.708. The van der Waals surface area contributed by atoms with Crippen LogP contribution in [0.5, 0.6) is 0 Å². The second kappa shape index (κ2) is 54.9. The Hall–Kier alpha value is -2.84. The summed E-state index contributed by atoms with van der Waals surface area (Å²) in [6, 6.07) is -0.896. The molecule has 426 valence electrons. The van der Waals surface area contributed by atoms with Gasteiger partial charge in [-0.2, -0.15) is 0 Å². The van der Waals surface area contributed by atoms with Crippen LogP contribution in [0.2, 0.25) is 0 Å². The Bertz CT molecular complexity index is 1570. The molecule has 0 saturated carbocycles. The van der Waals surface area contributed by atoms with E-state index in [4.69, 9.17) is 9.05 Å². The van der Waals surface area contributed by atoms with E-state index in [0.29, 0.717) is 17.4 Å². The van der Waals surface area contributed by atoms with Gasteiger partial charge in [0.1, 0.15) is 13.2 Å². The highest BCUT2D eigenvalue weighted by Gasteiger charge is 2.23. The van der Waals surface area contributed by atoms with E-state index in [1.165, 1.54) is 128 Å². The van der Waals surface area contributed by atoms with Gasteiger partial charge in [-0.05, 0) is 83.5 Å². The van der Waals surface area contributed by atoms with Crippen LogP contribution in [-0.2, 0) is 18.4 Å². The average Bonchev–Trinajstić information content (AvgIpc) is 3.36. The lowest BCUT2D eigenvalue weighted by Crippen LogP contribution is -2.45. The van der Waals surface area contributed by atoms with E-state index in [1.54, 1.807) is 6.08 Å². The molecule has 8 nitrogen and oxygen atoms in total. The van der Waals surface area contributed by atoms with Gasteiger partial charge in [-0.3, -0.25) is 9.36 Å². The normalized spacial score (nSPS) is 14.6. The maximum atomic E-state index is 13.0. The number of carbonyl (C=O) groups excluding carboxylic acids is 1. The summed E-state index contributed by atoms with van der Waals surface area (Å²) in [5.41, 5.74) is 0. The van der Waals surface area contributed by atoms with E-state index in [1.807, 2.05) is 27.2 Å². The molecule has 1 amide bonds. The summed E-state index contributed by atoms with van der Waals surface area (Å²) in [5.74, 6) is -0.205. The second-order valence-corrected chi connectivity index (χ2v) is 22.7. The number of hydrogen-bond donors (Lipinski definition) is 2. The highest BCUT2D eigenvalue weighted by molar-refractivity contribution is 7.45. The molecular formula is C65H115N2O6P. The van der Waals surface area contributed by atoms with Crippen molar-refractivity contribution in [3.8, 4) is 0 Å². The third-order valence-electron chi connectivity index (χ3n) is 13.0. The van der Waals surface area contributed by atoms with Gasteiger partial charge in [0.25, 0.3) is 7.82 Å². The monoisotopic (exact) mass is 1050 g/mol. The fourth-order valence-corrected chi connectivity index (χ4v) is 9.01. The van der Waals surface area contributed by atoms with Crippen molar-refractivity contribution in [2.24, 2.45) is 0 Å². The van der Waals surface area contributed by atoms with E-state index >= 15 is 0 Å². The molecule has 0 spiro atoms. The van der Waals surface area contributed by atoms with Gasteiger partial charge in [-0.15, -0.1) is 0 Å². The molecule has 0 aromatic rings. The number of aliphatic hydroxyl groups is 1. The molecule has 2 N–H and O–H groups in total. The Labute approximate surface area is 457 Å². The summed E-state index contributed by atoms with van der Waals surface area (Å²) in [4.78, 5) is 25.5. The number of nitrogens with one attached hydrogen (secondary N) is 1. The Morgan fingerprint density at radius 1 is 0.486 bits per heavy atom. The number of rotatable bonds is 54. The highest BCUT2D eigenvalue weighted by Crippen LogP contribution is 2.38. The van der Waals surface area contributed by atoms with Crippen molar-refractivity contribution in [1.29, 1.82) is 0 Å². The van der Waals surface area contributed by atoms with Gasteiger partial charge in [-0.25, -0.2) is 0 Å². The Morgan fingerprint density at radius 3 is 1.20 bits per heavy atom. The number of amides is 1. The van der Waals surface area contributed by atoms with Gasteiger partial charge >= 0.3 is 0 Å². The molecule has 3 atom stereocenters. The first-order valence-corrected chi connectivity index (χ1v) is 31.7. The standard InChI is InChI=1S/C65H115N2O6P/c1-6-8-10-12-14-16-18-20-22-24-25-26-27-28-29-30-31-32-33-34-35-36-37-38-39-40-41-43-45-47-49-51-53-55-57-59-65(69)66-63(62-73-74(70,71)72-61-60-67(3,4)5)64(68)58-56-54-52-50-48-46-44-42-23-21-19-17-15-13-11-9-7-2/h8,10,14,16,20,22,25-26,28-29,31-32,34-35,37-38,56,58,63-64,68H,6-7,9,11-13,15,17-19,21,23-24,27,30,33,36,39-55,57,59-62H2,1-5H3,(H-,66,69,70,71)/b10-8-,16-14-,22-20-,26-25-,29-28-,32-31-,35-34-,38-37-,58-56+. The van der Waals surface area contributed by atoms with Crippen molar-refractivity contribution in [2.75, 3.05) is 40.9 Å². The summed E-state index contributed by atoms with van der Waals surface area (Å²) in [5, 5.41) is 13.9. The lowest BCUT2D eigenvalue weighted by atomic mass is 10.0. The van der Waals surface area contributed by atoms with Crippen LogP contribution in [0.3, 0.4) is 0 Å². The van der Waals surface area contributed by atoms with E-state index in [2.05, 4.69) is 116 Å². The molecule has 9 heteroatoms. The van der Waals surface area contributed by atoms with Crippen molar-refractivity contribution >= 4 is 13.7 Å². The van der Waals surface area contributed by atoms with E-state index < -0.39 is 20.0 Å². The minimum Gasteiger partial charge on any atom is -0.756 e. The minimum atomic E-state index is -4.60. The summed E-state index contributed by atoms with van der Waals surface area (Å²) < 4.78 is 23.4. The van der Waals surface area contributed by atoms with Crippen LogP contribution in [0.4, 0.5) is 0 Å². The molecule has 0 heterocycles. The zero-order valence-electron chi connectivity index (χ0n) is 48.5. The molecule has 0 fully saturated rings. The number of phosphoric ester groups is 1. The van der Waals surface area contributed by atoms with Crippen molar-refractivity contribution in [3.05, 3.63) is 109 Å². The Morgan fingerprint density at radius 2 is 0.824 bits per heavy atom. The minimum absolute atomic E-state index is 0.00633. The first-order chi connectivity index (χ1) is 36.0. The molecule has 0 aromatic carbocycles. The summed E-state index contributed by atoms with van der Waals surface area (Å²) in [7, 11) is 1.25. The fourth-order valence-electron chi connectivity index (χ4n) is 8.29. The molecule has 0 aromatic heterocycles. The third-order valence-corrected chi connectivity index (χ3v) is 14.0. The Balaban J connectivity index is 4.16. The second-order valence-electron chi connectivity index (χ2n) is 21.3. The van der Waals surface area contributed by atoms with Crippen LogP contribution in [0.25, 0.3) is 0 Å². The SMILES string of the molecule is CC/C=C\C/C=C\C/C=C\C/C=C\C/C=C\C/C=C\C/C=C\C/C=C\CCCCCCCCCCCCC(=O)NC(COP(=O)([O-])OCC[N+](C)(C)C)C(O)/C=C/CCCCCCCCCCCCCCCCC. The molecule has 0 aliphatic rings. The average molecular weight is 1050 g/mol. The molecule has 3 unspecified atom stereocenters. The zero-order valence-corrected chi connectivity index (χ0v) is 49.4. The molecular weight excluding hydrogens is 936 g/mol. The van der Waals surface area contributed by atoms with Crippen LogP contribution in [0.15, 0.2) is 109 Å². The quantitative estimate of drug-likeness (QED) is 0.0272. The first kappa shape index (κ1) is 71.2. The van der Waals surface area contributed by atoms with Crippen molar-refractivity contribution < 1.29 is 32.9 Å². The van der Waals surface area contributed by atoms with Gasteiger partial charge in [0.15, 0.2) is 0 Å². The number of aliphatic hydroxyl groups excluding tert-OH is 1. The maximum Gasteiger partial charge on any atom is 0.268 e. The lowest BCUT2D eigenvalue weighted by Gasteiger charge is -2.29. The number of nitrogens with zero attached hydrogens (tertiary/aromatic N) is 1. The van der Waals surface area contributed by atoms with Gasteiger partial charge in [0, 0.05) is 6.42 Å². The van der Waals surface area contributed by atoms with Gasteiger partial charge < -0.3 is 28.8 Å². The van der Waals surface area contributed by atoms with E-state index in [-0.39, 0.29) is 19.1 Å². The number of phosphoric acid groups is 1. The number of quaternary nitrogens is 1. The number of hydrogen-bond acceptors (Lipinski definition) is 6. The van der Waals surface area contributed by atoms with Crippen molar-refractivity contribution in [1.82, 2.24) is 5.32 Å². The third kappa shape index (κ3) is 56.9. The van der Waals surface area contributed by atoms with Crippen LogP contribution < -0.4 is 10.2 Å². The van der Waals surface area contributed by atoms with Crippen LogP contribution >= 0.6 is 7.82 Å². The van der Waals surface area contributed by atoms with Gasteiger partial charge in [-0.1, -0.05) is 264 Å². The van der Waals surface area contributed by atoms with Crippen molar-refractivity contribution in [3.63, 3.8) is 0 Å². The Kier molecular flexibility index (Phi) is 52.8. The number of likely N-dealkylation sites (N-methyl/N-ethyl adjacent to an activating group) is 1. The van der Waals surface area contributed by atoms with E-state index in [0.717, 1.165) is 96.3 Å². The van der Waals surface area contributed by atoms with Gasteiger partial charge in [0.05, 0.1) is 39.9 Å². The topological polar surface area (TPSA) is 108 Å². The number of unbranched alkanes of at least 4 members (excludes halogenated alkanes) is 25. The summed E-state index contributed by atoms with van der Waals surface area (Å²) in [6.45, 7) is 4.53. The van der Waals surface area contributed by atoms with Crippen LogP contribution in [0, 0.1) is 0 Å². The lowest BCUT2D eigenvalue weighted by molar-refractivity contribution is -0.870. The molecule has 0 aliphatic heterocycles. The van der Waals surface area contributed by atoms with Crippen molar-refractivity contribution in [2.45, 2.75) is 257 Å². The highest BCUT2D eigenvalue weighted by atomic mass is 31.2. The smallest absolute Gasteiger partial charge is 0.268 e. The number of carbonyl (C=O) groups is 1. The van der Waals surface area contributed by atoms with E-state index in [9.17, 15) is 19.4 Å². The first-order valence-electron chi connectivity index (χ1n) is 30.2. The molecule has 0 aliphatic carbocycles. The predicted molar refractivity (Wildman–Crippen MR) is 320 cm³/mol. The maximum absolute atomic E-state index is 13.0. The molecule has 0 saturated heterocycles. The molecule has 0 radical (unpaired) electrons. The largest absolute Gasteiger partial charge is 0.756 e. The zero-order chi connectivity index (χ0) is 54.2. The van der Waals surface area contributed by atoms with Gasteiger partial charge in [0.2, 0.25) is 5.91 Å². The molecule has 0 rings (SSSR count). The summed E-state index contributed by atoms with van der Waals surface area (Å²) >= 11 is 0. The van der Waals surface area contributed by atoms with Crippen LogP contribution in [-0.4, -0.2) is 68.5 Å². The summed E-state index contributed by atoms with van der Waals surface area (Å²) in [6.07, 6.45) is 80.2.